The van der Waals surface area contributed by atoms with E-state index < -0.39 is 39.1 Å². The number of piperidine rings is 1. The van der Waals surface area contributed by atoms with E-state index in [-0.39, 0.29) is 36.4 Å². The van der Waals surface area contributed by atoms with Crippen molar-refractivity contribution in [2.75, 3.05) is 19.3 Å². The van der Waals surface area contributed by atoms with Gasteiger partial charge >= 0.3 is 0 Å². The van der Waals surface area contributed by atoms with E-state index in [1.807, 2.05) is 0 Å². The molecular weight excluding hydrogens is 421 g/mol. The molecule has 2 heterocycles. The number of nitrogens with one attached hydrogen (secondary N) is 2. The molecule has 1 aromatic rings. The van der Waals surface area contributed by atoms with Crippen LogP contribution in [0.1, 0.15) is 31.2 Å². The maximum absolute atomic E-state index is 14.2. The van der Waals surface area contributed by atoms with Crippen LogP contribution in [0.5, 0.6) is 0 Å². The lowest BCUT2D eigenvalue weighted by Crippen LogP contribution is -2.65. The van der Waals surface area contributed by atoms with Gasteiger partial charge in [-0.05, 0) is 50.8 Å². The van der Waals surface area contributed by atoms with Crippen LogP contribution in [0.2, 0.25) is 0 Å². The Bertz CT molecular complexity index is 885. The number of nitrogens with two attached hydrogens (primary N) is 1. The smallest absolute Gasteiger partial charge is 0.216 e. The van der Waals surface area contributed by atoms with E-state index in [0.717, 1.165) is 6.07 Å². The van der Waals surface area contributed by atoms with Crippen molar-refractivity contribution >= 4 is 16.4 Å². The Morgan fingerprint density at radius 2 is 1.80 bits per heavy atom. The maximum Gasteiger partial charge on any atom is 0.216 e. The van der Waals surface area contributed by atoms with Gasteiger partial charge in [0.1, 0.15) is 5.82 Å². The van der Waals surface area contributed by atoms with Crippen molar-refractivity contribution in [3.05, 3.63) is 35.1 Å². The Labute approximate surface area is 174 Å². The Kier molecular flexibility index (Phi) is 6.75. The first-order valence-electron chi connectivity index (χ1n) is 9.89. The molecule has 2 bridgehead atoms. The fourth-order valence-corrected chi connectivity index (χ4v) is 6.76. The number of carbonyl (C=O) groups excluding carboxylic acids is 1. The lowest BCUT2D eigenvalue weighted by atomic mass is 9.76. The number of hydrogen-bond donors (Lipinski definition) is 3. The third-order valence-electron chi connectivity index (χ3n) is 6.25. The number of amides is 1. The van der Waals surface area contributed by atoms with Crippen LogP contribution >= 0.6 is 0 Å². The number of sulfonamides is 1. The first-order chi connectivity index (χ1) is 14.1. The monoisotopic (exact) mass is 448 g/mol. The minimum Gasteiger partial charge on any atom is -0.358 e. The lowest BCUT2D eigenvalue weighted by Gasteiger charge is -2.47. The summed E-state index contributed by atoms with van der Waals surface area (Å²) in [5.41, 5.74) is 5.87. The van der Waals surface area contributed by atoms with Crippen molar-refractivity contribution in [3.8, 4) is 0 Å². The molecule has 0 aromatic heterocycles. The van der Waals surface area contributed by atoms with Crippen molar-refractivity contribution in [1.82, 2.24) is 14.9 Å². The van der Waals surface area contributed by atoms with Gasteiger partial charge in [0.25, 0.3) is 0 Å². The van der Waals surface area contributed by atoms with Gasteiger partial charge in [0, 0.05) is 36.3 Å². The topological polar surface area (TPSA) is 105 Å². The van der Waals surface area contributed by atoms with Gasteiger partial charge < -0.3 is 16.4 Å². The molecule has 7 nitrogen and oxygen atoms in total. The standard InChI is InChI=1S/C19H27F3N4O3S/c1-24-18(7-12-6-16(21)17(22)8-15(12)20)19(23)9-13-2-3-14(10-19)26(13)30(28,29)5-4-25-11-27/h6,8,11,13-14,18,24H,2-5,7,9-10,23H2,1H3,(H,25,27)/t13-,14?,18?,19?/m0/s1. The van der Waals surface area contributed by atoms with E-state index in [4.69, 9.17) is 5.73 Å². The Morgan fingerprint density at radius 1 is 1.20 bits per heavy atom. The summed E-state index contributed by atoms with van der Waals surface area (Å²) in [7, 11) is -1.91. The van der Waals surface area contributed by atoms with Gasteiger partial charge in [-0.25, -0.2) is 21.6 Å². The Morgan fingerprint density at radius 3 is 2.37 bits per heavy atom. The van der Waals surface area contributed by atoms with Gasteiger partial charge in [0.2, 0.25) is 16.4 Å². The minimum absolute atomic E-state index is 0.0143. The molecule has 30 heavy (non-hydrogen) atoms. The lowest BCUT2D eigenvalue weighted by molar-refractivity contribution is -0.109. The number of rotatable bonds is 9. The molecule has 0 aliphatic carbocycles. The first kappa shape index (κ1) is 23.0. The van der Waals surface area contributed by atoms with E-state index in [2.05, 4.69) is 10.6 Å². The average molecular weight is 449 g/mol. The summed E-state index contributed by atoms with van der Waals surface area (Å²) in [6, 6.07) is 0.321. The van der Waals surface area contributed by atoms with Gasteiger partial charge in [0.05, 0.1) is 5.75 Å². The van der Waals surface area contributed by atoms with Crippen LogP contribution in [0.4, 0.5) is 13.2 Å². The fourth-order valence-electron chi connectivity index (χ4n) is 4.91. The zero-order chi connectivity index (χ0) is 22.1. The van der Waals surface area contributed by atoms with Crippen molar-refractivity contribution in [2.24, 2.45) is 5.73 Å². The van der Waals surface area contributed by atoms with E-state index in [1.54, 1.807) is 7.05 Å². The largest absolute Gasteiger partial charge is 0.358 e. The number of nitrogens with zero attached hydrogens (tertiary/aromatic N) is 1. The zero-order valence-electron chi connectivity index (χ0n) is 16.7. The molecule has 1 amide bonds. The number of hydrogen-bond acceptors (Lipinski definition) is 5. The average Bonchev–Trinajstić information content (AvgIpc) is 2.97. The highest BCUT2D eigenvalue weighted by atomic mass is 32.2. The molecule has 168 valence electrons. The van der Waals surface area contributed by atoms with E-state index >= 15 is 0 Å². The van der Waals surface area contributed by atoms with Gasteiger partial charge in [-0.3, -0.25) is 4.79 Å². The number of halogens is 3. The third-order valence-corrected chi connectivity index (χ3v) is 8.21. The van der Waals surface area contributed by atoms with E-state index in [0.29, 0.717) is 38.2 Å². The van der Waals surface area contributed by atoms with Gasteiger partial charge in [-0.2, -0.15) is 4.31 Å². The Balaban J connectivity index is 1.78. The molecule has 3 unspecified atom stereocenters. The summed E-state index contributed by atoms with van der Waals surface area (Å²) in [5, 5.41) is 5.43. The molecule has 0 spiro atoms. The normalized spacial score (nSPS) is 27.8. The van der Waals surface area contributed by atoms with Gasteiger partial charge in [-0.15, -0.1) is 0 Å². The van der Waals surface area contributed by atoms with Crippen molar-refractivity contribution in [1.29, 1.82) is 0 Å². The summed E-state index contributed by atoms with van der Waals surface area (Å²) >= 11 is 0. The van der Waals surface area contributed by atoms with Crippen molar-refractivity contribution < 1.29 is 26.4 Å². The quantitative estimate of drug-likeness (QED) is 0.292. The highest BCUT2D eigenvalue weighted by Gasteiger charge is 2.53. The molecule has 1 aromatic carbocycles. The van der Waals surface area contributed by atoms with Crippen LogP contribution in [0, 0.1) is 17.5 Å². The molecule has 11 heteroatoms. The van der Waals surface area contributed by atoms with Crippen LogP contribution in [-0.4, -0.2) is 62.1 Å². The number of fused-ring (bicyclic) bond motifs is 2. The van der Waals surface area contributed by atoms with Crippen LogP contribution in [-0.2, 0) is 21.2 Å². The molecule has 0 radical (unpaired) electrons. The van der Waals surface area contributed by atoms with Crippen molar-refractivity contribution in [3.63, 3.8) is 0 Å². The predicted octanol–water partition coefficient (Wildman–Crippen LogP) is 0.635. The van der Waals surface area contributed by atoms with Crippen LogP contribution in [0.15, 0.2) is 12.1 Å². The maximum atomic E-state index is 14.2. The van der Waals surface area contributed by atoms with Gasteiger partial charge in [0.15, 0.2) is 11.6 Å². The third kappa shape index (κ3) is 4.48. The predicted molar refractivity (Wildman–Crippen MR) is 106 cm³/mol. The number of likely N-dealkylation sites (N-methyl/N-ethyl adjacent to an activating group) is 1. The van der Waals surface area contributed by atoms with E-state index in [1.165, 1.54) is 4.31 Å². The summed E-state index contributed by atoms with van der Waals surface area (Å²) in [5.74, 6) is -3.41. The Hall–Kier alpha value is -1.69. The molecule has 2 fully saturated rings. The molecule has 2 aliphatic rings. The highest BCUT2D eigenvalue weighted by Crippen LogP contribution is 2.43. The molecule has 2 saturated heterocycles. The summed E-state index contributed by atoms with van der Waals surface area (Å²) in [6.45, 7) is 0.0318. The van der Waals surface area contributed by atoms with Crippen molar-refractivity contribution in [2.45, 2.75) is 55.8 Å². The highest BCUT2D eigenvalue weighted by molar-refractivity contribution is 7.89. The number of carbonyl (C=O) groups is 1. The second-order valence-corrected chi connectivity index (χ2v) is 10.1. The van der Waals surface area contributed by atoms with Crippen LogP contribution in [0.3, 0.4) is 0 Å². The van der Waals surface area contributed by atoms with E-state index in [9.17, 15) is 26.4 Å². The summed E-state index contributed by atoms with van der Waals surface area (Å²) in [6.07, 6.45) is 2.56. The van der Waals surface area contributed by atoms with Crippen LogP contribution in [0.25, 0.3) is 0 Å². The minimum atomic E-state index is -3.57. The second-order valence-electron chi connectivity index (χ2n) is 8.15. The van der Waals surface area contributed by atoms with Crippen LogP contribution < -0.4 is 16.4 Å². The summed E-state index contributed by atoms with van der Waals surface area (Å²) in [4.78, 5) is 10.4. The zero-order valence-corrected chi connectivity index (χ0v) is 17.5. The molecular formula is C19H27F3N4O3S. The molecule has 0 saturated carbocycles. The first-order valence-corrected chi connectivity index (χ1v) is 11.5. The molecule has 4 N–H and O–H groups in total. The molecule has 2 aliphatic heterocycles. The molecule has 4 atom stereocenters. The second kappa shape index (κ2) is 8.81. The molecule has 3 rings (SSSR count). The van der Waals surface area contributed by atoms with Gasteiger partial charge in [-0.1, -0.05) is 0 Å². The summed E-state index contributed by atoms with van der Waals surface area (Å²) < 4.78 is 68.0. The fraction of sp³-hybridized carbons (Fsp3) is 0.632. The number of benzene rings is 1. The SMILES string of the molecule is CNC(Cc1cc(F)c(F)cc1F)C1(N)CC2CC[C@@H](C1)N2S(=O)(=O)CCNC=O.